The number of furan rings is 1. The van der Waals surface area contributed by atoms with E-state index in [2.05, 4.69) is 5.32 Å². The molecule has 0 aliphatic heterocycles. The molecule has 16 heavy (non-hydrogen) atoms. The van der Waals surface area contributed by atoms with Gasteiger partial charge in [0.1, 0.15) is 6.04 Å². The summed E-state index contributed by atoms with van der Waals surface area (Å²) in [6.07, 6.45) is 3.02. The summed E-state index contributed by atoms with van der Waals surface area (Å²) in [5.41, 5.74) is 0.824. The molecule has 0 aliphatic carbocycles. The lowest BCUT2D eigenvalue weighted by atomic mass is 10.3. The van der Waals surface area contributed by atoms with Crippen LogP contribution in [-0.2, 0) is 11.3 Å². The molecule has 1 rings (SSSR count). The summed E-state index contributed by atoms with van der Waals surface area (Å²) in [6, 6.07) is 0.432. The number of nitrogens with zero attached hydrogens (tertiary/aromatic N) is 1. The standard InChI is InChI=1S/C10H14N2O4/c1-7(9(13)14)12(2)10(15)11-5-8-3-4-16-6-8/h3-4,6-7H,5H2,1-2H3,(H,11,15)(H,13,14). The van der Waals surface area contributed by atoms with Gasteiger partial charge in [0.25, 0.3) is 0 Å². The van der Waals surface area contributed by atoms with Gasteiger partial charge in [-0.1, -0.05) is 0 Å². The maximum atomic E-state index is 11.5. The molecule has 1 heterocycles. The number of carbonyl (C=O) groups is 2. The van der Waals surface area contributed by atoms with Gasteiger partial charge >= 0.3 is 12.0 Å². The zero-order valence-electron chi connectivity index (χ0n) is 9.14. The highest BCUT2D eigenvalue weighted by molar-refractivity contribution is 5.82. The number of rotatable bonds is 4. The van der Waals surface area contributed by atoms with Gasteiger partial charge < -0.3 is 19.7 Å². The van der Waals surface area contributed by atoms with Crippen molar-refractivity contribution < 1.29 is 19.1 Å². The van der Waals surface area contributed by atoms with Crippen LogP contribution in [0.3, 0.4) is 0 Å². The summed E-state index contributed by atoms with van der Waals surface area (Å²) in [5.74, 6) is -1.04. The van der Waals surface area contributed by atoms with E-state index in [9.17, 15) is 9.59 Å². The van der Waals surface area contributed by atoms with Crippen LogP contribution >= 0.6 is 0 Å². The third kappa shape index (κ3) is 3.01. The quantitative estimate of drug-likeness (QED) is 0.798. The van der Waals surface area contributed by atoms with Gasteiger partial charge in [0.2, 0.25) is 0 Å². The summed E-state index contributed by atoms with van der Waals surface area (Å²) in [6.45, 7) is 1.76. The van der Waals surface area contributed by atoms with Gasteiger partial charge in [0.05, 0.1) is 12.5 Å². The van der Waals surface area contributed by atoms with E-state index in [1.807, 2.05) is 0 Å². The van der Waals surface area contributed by atoms with E-state index in [1.165, 1.54) is 26.5 Å². The highest BCUT2D eigenvalue weighted by Crippen LogP contribution is 2.00. The monoisotopic (exact) mass is 226 g/mol. The lowest BCUT2D eigenvalue weighted by Gasteiger charge is -2.21. The molecule has 1 aromatic heterocycles. The second-order valence-corrected chi connectivity index (χ2v) is 3.42. The molecule has 1 aromatic rings. The Kier molecular flexibility index (Phi) is 3.93. The Balaban J connectivity index is 2.43. The van der Waals surface area contributed by atoms with E-state index in [0.717, 1.165) is 10.5 Å². The first-order valence-electron chi connectivity index (χ1n) is 4.77. The van der Waals surface area contributed by atoms with Crippen molar-refractivity contribution >= 4 is 12.0 Å². The summed E-state index contributed by atoms with van der Waals surface area (Å²) in [4.78, 5) is 23.3. The van der Waals surface area contributed by atoms with E-state index in [-0.39, 0.29) is 0 Å². The van der Waals surface area contributed by atoms with Gasteiger partial charge in [-0.15, -0.1) is 0 Å². The first kappa shape index (κ1) is 12.1. The van der Waals surface area contributed by atoms with Crippen LogP contribution in [0, 0.1) is 0 Å². The van der Waals surface area contributed by atoms with E-state index in [0.29, 0.717) is 6.54 Å². The highest BCUT2D eigenvalue weighted by Gasteiger charge is 2.21. The average molecular weight is 226 g/mol. The van der Waals surface area contributed by atoms with Crippen LogP contribution in [0.5, 0.6) is 0 Å². The van der Waals surface area contributed by atoms with Crippen LogP contribution in [0.15, 0.2) is 23.0 Å². The van der Waals surface area contributed by atoms with Crippen LogP contribution < -0.4 is 5.32 Å². The van der Waals surface area contributed by atoms with Crippen LogP contribution in [0.1, 0.15) is 12.5 Å². The second kappa shape index (κ2) is 5.20. The van der Waals surface area contributed by atoms with Crippen molar-refractivity contribution in [3.8, 4) is 0 Å². The number of carbonyl (C=O) groups excluding carboxylic acids is 1. The molecule has 0 saturated carbocycles. The largest absolute Gasteiger partial charge is 0.480 e. The number of likely N-dealkylation sites (N-methyl/N-ethyl adjacent to an activating group) is 1. The third-order valence-electron chi connectivity index (χ3n) is 2.28. The number of carboxylic acid groups (broad SMARTS) is 1. The molecule has 1 atom stereocenters. The molecule has 0 bridgehead atoms. The average Bonchev–Trinajstić information content (AvgIpc) is 2.76. The van der Waals surface area contributed by atoms with Crippen molar-refractivity contribution in [1.82, 2.24) is 10.2 Å². The first-order valence-corrected chi connectivity index (χ1v) is 4.77. The third-order valence-corrected chi connectivity index (χ3v) is 2.28. The van der Waals surface area contributed by atoms with E-state index < -0.39 is 18.0 Å². The maximum absolute atomic E-state index is 11.5. The molecule has 0 spiro atoms. The number of carboxylic acids is 1. The Morgan fingerprint density at radius 3 is 2.81 bits per heavy atom. The number of amides is 2. The van der Waals surface area contributed by atoms with Crippen LogP contribution in [0.25, 0.3) is 0 Å². The predicted octanol–water partition coefficient (Wildman–Crippen LogP) is 0.894. The fourth-order valence-corrected chi connectivity index (χ4v) is 1.04. The minimum absolute atomic E-state index is 0.312. The molecule has 2 amide bonds. The SMILES string of the molecule is CC(C(=O)O)N(C)C(=O)NCc1ccoc1. The molecule has 0 radical (unpaired) electrons. The van der Waals surface area contributed by atoms with Crippen molar-refractivity contribution in [2.75, 3.05) is 7.05 Å². The molecule has 0 saturated heterocycles. The van der Waals surface area contributed by atoms with Gasteiger partial charge in [-0.3, -0.25) is 0 Å². The summed E-state index contributed by atoms with van der Waals surface area (Å²) < 4.78 is 4.83. The van der Waals surface area contributed by atoms with Crippen molar-refractivity contribution in [1.29, 1.82) is 0 Å². The fourth-order valence-electron chi connectivity index (χ4n) is 1.04. The first-order chi connectivity index (χ1) is 7.52. The molecular formula is C10H14N2O4. The van der Waals surface area contributed by atoms with E-state index in [1.54, 1.807) is 6.07 Å². The van der Waals surface area contributed by atoms with E-state index in [4.69, 9.17) is 9.52 Å². The van der Waals surface area contributed by atoms with Gasteiger partial charge in [0, 0.05) is 19.2 Å². The summed E-state index contributed by atoms with van der Waals surface area (Å²) in [7, 11) is 1.43. The van der Waals surface area contributed by atoms with Crippen LogP contribution in [0.2, 0.25) is 0 Å². The zero-order chi connectivity index (χ0) is 12.1. The number of hydrogen-bond donors (Lipinski definition) is 2. The summed E-state index contributed by atoms with van der Waals surface area (Å²) >= 11 is 0. The Labute approximate surface area is 92.8 Å². The zero-order valence-corrected chi connectivity index (χ0v) is 9.14. The molecule has 2 N–H and O–H groups in total. The number of aliphatic carboxylic acids is 1. The Morgan fingerprint density at radius 1 is 1.62 bits per heavy atom. The Bertz CT molecular complexity index is 361. The number of nitrogens with one attached hydrogen (secondary N) is 1. The highest BCUT2D eigenvalue weighted by atomic mass is 16.4. The lowest BCUT2D eigenvalue weighted by molar-refractivity contribution is -0.141. The molecule has 6 heteroatoms. The second-order valence-electron chi connectivity index (χ2n) is 3.42. The number of hydrogen-bond acceptors (Lipinski definition) is 3. The maximum Gasteiger partial charge on any atom is 0.326 e. The van der Waals surface area contributed by atoms with Gasteiger partial charge in [-0.05, 0) is 13.0 Å². The predicted molar refractivity (Wildman–Crippen MR) is 55.8 cm³/mol. The molecule has 88 valence electrons. The van der Waals surface area contributed by atoms with Gasteiger partial charge in [0.15, 0.2) is 0 Å². The van der Waals surface area contributed by atoms with Crippen LogP contribution in [0.4, 0.5) is 4.79 Å². The molecule has 6 nitrogen and oxygen atoms in total. The topological polar surface area (TPSA) is 82.8 Å². The minimum Gasteiger partial charge on any atom is -0.480 e. The summed E-state index contributed by atoms with van der Waals surface area (Å²) in [5, 5.41) is 11.3. The molecule has 1 unspecified atom stereocenters. The lowest BCUT2D eigenvalue weighted by Crippen LogP contribution is -2.45. The normalized spacial score (nSPS) is 11.9. The van der Waals surface area contributed by atoms with Crippen molar-refractivity contribution in [2.45, 2.75) is 19.5 Å². The molecular weight excluding hydrogens is 212 g/mol. The van der Waals surface area contributed by atoms with Gasteiger partial charge in [-0.25, -0.2) is 9.59 Å². The van der Waals surface area contributed by atoms with Crippen molar-refractivity contribution in [2.24, 2.45) is 0 Å². The molecule has 0 aliphatic rings. The molecule has 0 aromatic carbocycles. The van der Waals surface area contributed by atoms with Crippen molar-refractivity contribution in [3.05, 3.63) is 24.2 Å². The van der Waals surface area contributed by atoms with Crippen LogP contribution in [-0.4, -0.2) is 35.1 Å². The fraction of sp³-hybridized carbons (Fsp3) is 0.400. The Hall–Kier alpha value is -1.98. The van der Waals surface area contributed by atoms with Crippen molar-refractivity contribution in [3.63, 3.8) is 0 Å². The minimum atomic E-state index is -1.04. The smallest absolute Gasteiger partial charge is 0.326 e. The van der Waals surface area contributed by atoms with Gasteiger partial charge in [-0.2, -0.15) is 0 Å². The Morgan fingerprint density at radius 2 is 2.31 bits per heavy atom. The van der Waals surface area contributed by atoms with E-state index >= 15 is 0 Å². The number of urea groups is 1. The molecule has 0 fully saturated rings.